The van der Waals surface area contributed by atoms with Gasteiger partial charge in [-0.2, -0.15) is 0 Å². The van der Waals surface area contributed by atoms with Crippen molar-refractivity contribution in [2.24, 2.45) is 0 Å². The van der Waals surface area contributed by atoms with Crippen molar-refractivity contribution in [2.75, 3.05) is 33.3 Å². The molecular weight excluding hydrogens is 278 g/mol. The van der Waals surface area contributed by atoms with Gasteiger partial charge in [0, 0.05) is 24.7 Å². The van der Waals surface area contributed by atoms with Crippen molar-refractivity contribution in [1.82, 2.24) is 15.5 Å². The van der Waals surface area contributed by atoms with Crippen LogP contribution >= 0.6 is 0 Å². The Morgan fingerprint density at radius 3 is 3.00 bits per heavy atom. The SMILES string of the molecule is CCN1CCC[C@@H]1CNCC(=O)NCc1ccccc1OC. The van der Waals surface area contributed by atoms with E-state index < -0.39 is 0 Å². The van der Waals surface area contributed by atoms with Crippen LogP contribution in [0.25, 0.3) is 0 Å². The number of methoxy groups -OCH3 is 1. The lowest BCUT2D eigenvalue weighted by Crippen LogP contribution is -2.41. The molecule has 0 radical (unpaired) electrons. The van der Waals surface area contributed by atoms with Crippen LogP contribution in [0.4, 0.5) is 0 Å². The van der Waals surface area contributed by atoms with E-state index in [1.54, 1.807) is 7.11 Å². The summed E-state index contributed by atoms with van der Waals surface area (Å²) in [4.78, 5) is 14.4. The number of para-hydroxylation sites is 1. The van der Waals surface area contributed by atoms with Crippen molar-refractivity contribution < 1.29 is 9.53 Å². The van der Waals surface area contributed by atoms with Crippen molar-refractivity contribution >= 4 is 5.91 Å². The number of benzene rings is 1. The molecule has 0 unspecified atom stereocenters. The summed E-state index contributed by atoms with van der Waals surface area (Å²) >= 11 is 0. The maximum Gasteiger partial charge on any atom is 0.234 e. The number of nitrogens with one attached hydrogen (secondary N) is 2. The summed E-state index contributed by atoms with van der Waals surface area (Å²) < 4.78 is 5.28. The Morgan fingerprint density at radius 1 is 1.41 bits per heavy atom. The van der Waals surface area contributed by atoms with Gasteiger partial charge in [0.1, 0.15) is 5.75 Å². The van der Waals surface area contributed by atoms with Crippen LogP contribution in [0.1, 0.15) is 25.3 Å². The normalized spacial score (nSPS) is 18.4. The molecular formula is C17H27N3O2. The van der Waals surface area contributed by atoms with Crippen LogP contribution in [-0.4, -0.2) is 50.1 Å². The molecule has 5 heteroatoms. The molecule has 122 valence electrons. The minimum absolute atomic E-state index is 0.0203. The van der Waals surface area contributed by atoms with E-state index in [1.165, 1.54) is 19.4 Å². The predicted molar refractivity (Wildman–Crippen MR) is 88.0 cm³/mol. The first-order chi connectivity index (χ1) is 10.7. The number of rotatable bonds is 8. The van der Waals surface area contributed by atoms with Gasteiger partial charge in [0.15, 0.2) is 0 Å². The molecule has 1 saturated heterocycles. The largest absolute Gasteiger partial charge is 0.496 e. The molecule has 0 aromatic heterocycles. The Hall–Kier alpha value is -1.59. The maximum absolute atomic E-state index is 11.9. The average molecular weight is 305 g/mol. The summed E-state index contributed by atoms with van der Waals surface area (Å²) in [5, 5.41) is 6.20. The molecule has 1 aromatic rings. The third kappa shape index (κ3) is 4.71. The number of amides is 1. The first-order valence-electron chi connectivity index (χ1n) is 8.08. The van der Waals surface area contributed by atoms with Crippen LogP contribution < -0.4 is 15.4 Å². The third-order valence-electron chi connectivity index (χ3n) is 4.24. The topological polar surface area (TPSA) is 53.6 Å². The fourth-order valence-electron chi connectivity index (χ4n) is 3.00. The van der Waals surface area contributed by atoms with Gasteiger partial charge in [-0.1, -0.05) is 25.1 Å². The molecule has 1 amide bonds. The van der Waals surface area contributed by atoms with Crippen molar-refractivity contribution in [3.63, 3.8) is 0 Å². The Morgan fingerprint density at radius 2 is 2.23 bits per heavy atom. The Kier molecular flexibility index (Phi) is 6.68. The van der Waals surface area contributed by atoms with E-state index in [1.807, 2.05) is 24.3 Å². The highest BCUT2D eigenvalue weighted by molar-refractivity contribution is 5.78. The van der Waals surface area contributed by atoms with Gasteiger partial charge in [-0.05, 0) is 32.0 Å². The summed E-state index contributed by atoms with van der Waals surface area (Å²) in [6, 6.07) is 8.31. The zero-order valence-electron chi connectivity index (χ0n) is 13.6. The highest BCUT2D eigenvalue weighted by Gasteiger charge is 2.22. The van der Waals surface area contributed by atoms with Crippen LogP contribution in [0.2, 0.25) is 0 Å². The zero-order chi connectivity index (χ0) is 15.8. The summed E-state index contributed by atoms with van der Waals surface area (Å²) in [7, 11) is 1.64. The molecule has 0 aliphatic carbocycles. The molecule has 1 aromatic carbocycles. The van der Waals surface area contributed by atoms with Gasteiger partial charge in [0.25, 0.3) is 0 Å². The minimum Gasteiger partial charge on any atom is -0.496 e. The van der Waals surface area contributed by atoms with E-state index in [9.17, 15) is 4.79 Å². The van der Waals surface area contributed by atoms with E-state index in [2.05, 4.69) is 22.5 Å². The van der Waals surface area contributed by atoms with E-state index in [-0.39, 0.29) is 5.91 Å². The van der Waals surface area contributed by atoms with E-state index >= 15 is 0 Å². The molecule has 1 aliphatic heterocycles. The predicted octanol–water partition coefficient (Wildman–Crippen LogP) is 1.39. The van der Waals surface area contributed by atoms with Gasteiger partial charge >= 0.3 is 0 Å². The number of likely N-dealkylation sites (tertiary alicyclic amines) is 1. The molecule has 1 atom stereocenters. The monoisotopic (exact) mass is 305 g/mol. The smallest absolute Gasteiger partial charge is 0.234 e. The number of hydrogen-bond donors (Lipinski definition) is 2. The van der Waals surface area contributed by atoms with Gasteiger partial charge in [0.2, 0.25) is 5.91 Å². The molecule has 2 rings (SSSR count). The van der Waals surface area contributed by atoms with Crippen LogP contribution in [0.5, 0.6) is 5.75 Å². The minimum atomic E-state index is 0.0203. The summed E-state index contributed by atoms with van der Waals surface area (Å²) in [6.45, 7) is 6.21. The molecule has 0 saturated carbocycles. The standard InChI is InChI=1S/C17H27N3O2/c1-3-20-10-6-8-15(20)12-18-13-17(21)19-11-14-7-4-5-9-16(14)22-2/h4-5,7,9,15,18H,3,6,8,10-13H2,1-2H3,(H,19,21)/t15-/m1/s1. The Bertz CT molecular complexity index is 479. The fraction of sp³-hybridized carbons (Fsp3) is 0.588. The van der Waals surface area contributed by atoms with Crippen molar-refractivity contribution in [2.45, 2.75) is 32.4 Å². The fourth-order valence-corrected chi connectivity index (χ4v) is 3.00. The number of likely N-dealkylation sites (N-methyl/N-ethyl adjacent to an activating group) is 1. The van der Waals surface area contributed by atoms with Gasteiger partial charge < -0.3 is 15.4 Å². The van der Waals surface area contributed by atoms with E-state index in [0.717, 1.165) is 24.4 Å². The molecule has 1 aliphatic rings. The lowest BCUT2D eigenvalue weighted by Gasteiger charge is -2.22. The summed E-state index contributed by atoms with van der Waals surface area (Å²) in [5.74, 6) is 0.826. The first kappa shape index (κ1) is 16.8. The van der Waals surface area contributed by atoms with Crippen LogP contribution in [0, 0.1) is 0 Å². The van der Waals surface area contributed by atoms with E-state index in [4.69, 9.17) is 4.74 Å². The molecule has 0 spiro atoms. The molecule has 1 heterocycles. The second kappa shape index (κ2) is 8.76. The molecule has 5 nitrogen and oxygen atoms in total. The lowest BCUT2D eigenvalue weighted by atomic mass is 10.2. The summed E-state index contributed by atoms with van der Waals surface area (Å²) in [6.07, 6.45) is 2.49. The molecule has 22 heavy (non-hydrogen) atoms. The van der Waals surface area contributed by atoms with E-state index in [0.29, 0.717) is 19.1 Å². The van der Waals surface area contributed by atoms with Gasteiger partial charge in [-0.3, -0.25) is 9.69 Å². The van der Waals surface area contributed by atoms with Crippen LogP contribution in [0.15, 0.2) is 24.3 Å². The van der Waals surface area contributed by atoms with Crippen molar-refractivity contribution in [3.8, 4) is 5.75 Å². The Balaban J connectivity index is 1.68. The Labute approximate surface area is 133 Å². The van der Waals surface area contributed by atoms with Crippen LogP contribution in [0.3, 0.4) is 0 Å². The number of ether oxygens (including phenoxy) is 1. The quantitative estimate of drug-likeness (QED) is 0.762. The highest BCUT2D eigenvalue weighted by atomic mass is 16.5. The van der Waals surface area contributed by atoms with Crippen molar-refractivity contribution in [1.29, 1.82) is 0 Å². The first-order valence-corrected chi connectivity index (χ1v) is 8.08. The highest BCUT2D eigenvalue weighted by Crippen LogP contribution is 2.17. The molecule has 1 fully saturated rings. The average Bonchev–Trinajstić information content (AvgIpc) is 3.00. The number of hydrogen-bond acceptors (Lipinski definition) is 4. The molecule has 2 N–H and O–H groups in total. The van der Waals surface area contributed by atoms with Gasteiger partial charge in [-0.25, -0.2) is 0 Å². The third-order valence-corrected chi connectivity index (χ3v) is 4.24. The second-order valence-corrected chi connectivity index (χ2v) is 5.64. The number of carbonyl (C=O) groups is 1. The zero-order valence-corrected chi connectivity index (χ0v) is 13.6. The van der Waals surface area contributed by atoms with Crippen LogP contribution in [-0.2, 0) is 11.3 Å². The van der Waals surface area contributed by atoms with Gasteiger partial charge in [-0.15, -0.1) is 0 Å². The lowest BCUT2D eigenvalue weighted by molar-refractivity contribution is -0.120. The maximum atomic E-state index is 11.9. The number of nitrogens with zero attached hydrogens (tertiary/aromatic N) is 1. The second-order valence-electron chi connectivity index (χ2n) is 5.64. The van der Waals surface area contributed by atoms with Gasteiger partial charge in [0.05, 0.1) is 13.7 Å². The van der Waals surface area contributed by atoms with Crippen molar-refractivity contribution in [3.05, 3.63) is 29.8 Å². The molecule has 0 bridgehead atoms. The number of carbonyl (C=O) groups excluding carboxylic acids is 1. The summed E-state index contributed by atoms with van der Waals surface area (Å²) in [5.41, 5.74) is 0.992.